The summed E-state index contributed by atoms with van der Waals surface area (Å²) < 4.78 is 11.6. The van der Waals surface area contributed by atoms with Crippen molar-refractivity contribution < 1.29 is 19.1 Å². The predicted octanol–water partition coefficient (Wildman–Crippen LogP) is 6.07. The Balaban J connectivity index is 1.66. The Kier molecular flexibility index (Phi) is 6.39. The van der Waals surface area contributed by atoms with E-state index in [9.17, 15) is 9.59 Å². The quantitative estimate of drug-likeness (QED) is 0.270. The number of fused-ring (bicyclic) bond motifs is 5. The molecule has 0 aromatic heterocycles. The van der Waals surface area contributed by atoms with Gasteiger partial charge < -0.3 is 9.47 Å². The Morgan fingerprint density at radius 2 is 1.84 bits per heavy atom. The number of allylic oxidation sites excluding steroid dienone is 1. The molecule has 0 aromatic carbocycles. The number of hydrogen-bond acceptors (Lipinski definition) is 4. The lowest BCUT2D eigenvalue weighted by atomic mass is 9.46. The third-order valence-electron chi connectivity index (χ3n) is 9.77. The van der Waals surface area contributed by atoms with Gasteiger partial charge in [0.15, 0.2) is 0 Å². The number of halogens is 1. The minimum Gasteiger partial charge on any atom is -0.462 e. The summed E-state index contributed by atoms with van der Waals surface area (Å²) in [7, 11) is 0. The second kappa shape index (κ2) is 8.50. The van der Waals surface area contributed by atoms with E-state index in [4.69, 9.17) is 9.47 Å². The fourth-order valence-corrected chi connectivity index (χ4v) is 8.89. The number of carbonyl (C=O) groups excluding carboxylic acids is 2. The second-order valence-corrected chi connectivity index (χ2v) is 11.9. The molecule has 0 spiro atoms. The van der Waals surface area contributed by atoms with Crippen LogP contribution in [0.2, 0.25) is 0 Å². The standard InChI is InChI=1S/C26H39BrO4/c1-15(14-27)21-8-9-22-20-7-6-18-12-19(30-16(2)28)13-24(31-17(3)29)26(18,5)23(20)10-11-25(21,22)4/h6,15,19-24H,7-14H2,1-5H3/t15-,19-,20+,21-,22+,23+,24+,25-,26+/m1/s1. The summed E-state index contributed by atoms with van der Waals surface area (Å²) in [6.45, 7) is 10.3. The number of carbonyl (C=O) groups is 2. The molecule has 0 bridgehead atoms. The van der Waals surface area contributed by atoms with Crippen molar-refractivity contribution in [2.45, 2.75) is 91.8 Å². The van der Waals surface area contributed by atoms with Crippen LogP contribution in [0, 0.1) is 40.4 Å². The fourth-order valence-electron chi connectivity index (χ4n) is 8.44. The van der Waals surface area contributed by atoms with E-state index in [0.717, 1.165) is 30.0 Å². The van der Waals surface area contributed by atoms with E-state index < -0.39 is 0 Å². The summed E-state index contributed by atoms with van der Waals surface area (Å²) >= 11 is 3.75. The van der Waals surface area contributed by atoms with Crippen molar-refractivity contribution in [3.63, 3.8) is 0 Å². The van der Waals surface area contributed by atoms with Gasteiger partial charge in [0, 0.05) is 37.4 Å². The van der Waals surface area contributed by atoms with Gasteiger partial charge in [-0.15, -0.1) is 0 Å². The van der Waals surface area contributed by atoms with E-state index >= 15 is 0 Å². The minimum atomic E-state index is -0.254. The smallest absolute Gasteiger partial charge is 0.302 e. The first-order valence-corrected chi connectivity index (χ1v) is 13.3. The Labute approximate surface area is 196 Å². The third-order valence-corrected chi connectivity index (χ3v) is 10.8. The molecule has 4 aliphatic carbocycles. The summed E-state index contributed by atoms with van der Waals surface area (Å²) in [4.78, 5) is 23.7. The van der Waals surface area contributed by atoms with Crippen LogP contribution in [-0.4, -0.2) is 29.5 Å². The number of esters is 2. The molecule has 0 aliphatic heterocycles. The molecule has 0 saturated heterocycles. The molecular weight excluding hydrogens is 456 g/mol. The number of rotatable bonds is 4. The monoisotopic (exact) mass is 494 g/mol. The molecule has 0 radical (unpaired) electrons. The molecule has 4 rings (SSSR count). The molecular formula is C26H39BrO4. The zero-order valence-corrected chi connectivity index (χ0v) is 21.4. The van der Waals surface area contributed by atoms with E-state index in [1.165, 1.54) is 45.1 Å². The Hall–Kier alpha value is -0.840. The number of ether oxygens (including phenoxy) is 2. The van der Waals surface area contributed by atoms with Gasteiger partial charge >= 0.3 is 11.9 Å². The Bertz CT molecular complexity index is 763. The minimum absolute atomic E-state index is 0.147. The van der Waals surface area contributed by atoms with Crippen molar-refractivity contribution in [3.05, 3.63) is 11.6 Å². The number of hydrogen-bond donors (Lipinski definition) is 0. The fraction of sp³-hybridized carbons (Fsp3) is 0.846. The van der Waals surface area contributed by atoms with E-state index in [1.807, 2.05) is 0 Å². The van der Waals surface area contributed by atoms with Gasteiger partial charge in [0.25, 0.3) is 0 Å². The van der Waals surface area contributed by atoms with Crippen molar-refractivity contribution >= 4 is 27.9 Å². The van der Waals surface area contributed by atoms with Crippen molar-refractivity contribution in [1.29, 1.82) is 0 Å². The van der Waals surface area contributed by atoms with Crippen LogP contribution in [0.5, 0.6) is 0 Å². The molecule has 0 aromatic rings. The predicted molar refractivity (Wildman–Crippen MR) is 125 cm³/mol. The van der Waals surface area contributed by atoms with Crippen LogP contribution >= 0.6 is 15.9 Å². The highest BCUT2D eigenvalue weighted by molar-refractivity contribution is 9.09. The lowest BCUT2D eigenvalue weighted by Gasteiger charge is -2.60. The first-order valence-electron chi connectivity index (χ1n) is 12.2. The van der Waals surface area contributed by atoms with Crippen LogP contribution in [0.25, 0.3) is 0 Å². The van der Waals surface area contributed by atoms with Gasteiger partial charge in [0.2, 0.25) is 0 Å². The average molecular weight is 495 g/mol. The molecule has 5 heteroatoms. The normalized spacial score (nSPS) is 44.9. The summed E-state index contributed by atoms with van der Waals surface area (Å²) in [6, 6.07) is 0. The van der Waals surface area contributed by atoms with Gasteiger partial charge in [0.1, 0.15) is 12.2 Å². The molecule has 4 aliphatic rings. The topological polar surface area (TPSA) is 52.6 Å². The van der Waals surface area contributed by atoms with E-state index in [2.05, 4.69) is 42.8 Å². The maximum absolute atomic E-state index is 12.0. The van der Waals surface area contributed by atoms with Crippen LogP contribution < -0.4 is 0 Å². The molecule has 0 amide bonds. The molecule has 0 N–H and O–H groups in total. The SMILES string of the molecule is CC(=O)O[C@@H]1CC2=CC[C@H]3[C@@H]4CC[C@H]([C@H](C)CBr)[C@@]4(C)CC[C@@H]3[C@@]2(C)[C@@H](OC(C)=O)C1. The van der Waals surface area contributed by atoms with Gasteiger partial charge in [-0.2, -0.15) is 0 Å². The van der Waals surface area contributed by atoms with Crippen molar-refractivity contribution in [3.8, 4) is 0 Å². The van der Waals surface area contributed by atoms with Crippen LogP contribution in [0.15, 0.2) is 11.6 Å². The highest BCUT2D eigenvalue weighted by Crippen LogP contribution is 2.67. The summed E-state index contributed by atoms with van der Waals surface area (Å²) in [6.07, 6.45) is 9.66. The highest BCUT2D eigenvalue weighted by atomic mass is 79.9. The van der Waals surface area contributed by atoms with Gasteiger partial charge in [-0.05, 0) is 67.1 Å². The zero-order valence-electron chi connectivity index (χ0n) is 19.8. The Morgan fingerprint density at radius 3 is 2.48 bits per heavy atom. The van der Waals surface area contributed by atoms with Crippen LogP contribution in [-0.2, 0) is 19.1 Å². The first-order chi connectivity index (χ1) is 14.6. The molecule has 9 atom stereocenters. The maximum Gasteiger partial charge on any atom is 0.302 e. The molecule has 0 unspecified atom stereocenters. The maximum atomic E-state index is 12.0. The van der Waals surface area contributed by atoms with Gasteiger partial charge in [-0.25, -0.2) is 0 Å². The third kappa shape index (κ3) is 3.81. The molecule has 0 heterocycles. The molecule has 3 fully saturated rings. The van der Waals surface area contributed by atoms with Gasteiger partial charge in [0.05, 0.1) is 0 Å². The molecule has 174 valence electrons. The second-order valence-electron chi connectivity index (χ2n) is 11.3. The molecule has 31 heavy (non-hydrogen) atoms. The lowest BCUT2D eigenvalue weighted by molar-refractivity contribution is -0.172. The van der Waals surface area contributed by atoms with Crippen molar-refractivity contribution in [2.75, 3.05) is 5.33 Å². The molecule has 3 saturated carbocycles. The first kappa shape index (κ1) is 23.3. The summed E-state index contributed by atoms with van der Waals surface area (Å²) in [5.41, 5.74) is 1.62. The van der Waals surface area contributed by atoms with E-state index in [1.54, 1.807) is 0 Å². The summed E-state index contributed by atoms with van der Waals surface area (Å²) in [5, 5.41) is 1.09. The van der Waals surface area contributed by atoms with Crippen LogP contribution in [0.4, 0.5) is 0 Å². The van der Waals surface area contributed by atoms with Crippen molar-refractivity contribution in [2.24, 2.45) is 40.4 Å². The van der Waals surface area contributed by atoms with Gasteiger partial charge in [-0.1, -0.05) is 48.4 Å². The number of alkyl halides is 1. The van der Waals surface area contributed by atoms with Crippen LogP contribution in [0.3, 0.4) is 0 Å². The van der Waals surface area contributed by atoms with Gasteiger partial charge in [-0.3, -0.25) is 9.59 Å². The zero-order chi connectivity index (χ0) is 22.6. The largest absolute Gasteiger partial charge is 0.462 e. The highest BCUT2D eigenvalue weighted by Gasteiger charge is 2.62. The van der Waals surface area contributed by atoms with Crippen LogP contribution in [0.1, 0.15) is 79.6 Å². The molecule has 4 nitrogen and oxygen atoms in total. The van der Waals surface area contributed by atoms with E-state index in [0.29, 0.717) is 29.6 Å². The van der Waals surface area contributed by atoms with Crippen molar-refractivity contribution in [1.82, 2.24) is 0 Å². The van der Waals surface area contributed by atoms with E-state index in [-0.39, 0.29) is 29.6 Å². The Morgan fingerprint density at radius 1 is 1.13 bits per heavy atom. The average Bonchev–Trinajstić information content (AvgIpc) is 3.04. The summed E-state index contributed by atoms with van der Waals surface area (Å²) in [5.74, 6) is 2.95. The lowest BCUT2D eigenvalue weighted by Crippen LogP contribution is -2.57.